The standard InChI is InChI=1S/C7H6O2.C5H11NO2S.Zn/c8-7(9)6-4-2-1-3-5-6;1-9-3-2-4(6)5(7)8;/h1-5H,(H,8,9);4H,2-3,6H2,1H3,(H,7,8);/q;;+2/p-2/t;4-;/m.0./s1. The molecular weight excluding hydrogens is 320 g/mol. The van der Waals surface area contributed by atoms with Gasteiger partial charge in [-0.05, 0) is 24.0 Å². The maximum Gasteiger partial charge on any atom is 2.00 e. The average molecular weight is 335 g/mol. The fourth-order valence-electron chi connectivity index (χ4n) is 0.937. The van der Waals surface area contributed by atoms with Crippen molar-refractivity contribution in [3.8, 4) is 0 Å². The summed E-state index contributed by atoms with van der Waals surface area (Å²) in [6, 6.07) is 7.27. The molecule has 0 aliphatic heterocycles. The number of thioether (sulfide) groups is 1. The zero-order chi connectivity index (χ0) is 14.0. The van der Waals surface area contributed by atoms with Crippen LogP contribution in [0.3, 0.4) is 0 Å². The molecule has 0 amide bonds. The first-order valence-corrected chi connectivity index (χ1v) is 6.60. The van der Waals surface area contributed by atoms with Crippen LogP contribution < -0.4 is 15.9 Å². The second kappa shape index (κ2) is 12.1. The van der Waals surface area contributed by atoms with Crippen LogP contribution in [-0.4, -0.2) is 30.0 Å². The molecule has 19 heavy (non-hydrogen) atoms. The summed E-state index contributed by atoms with van der Waals surface area (Å²) < 4.78 is 0. The molecule has 0 radical (unpaired) electrons. The normalized spacial score (nSPS) is 10.4. The van der Waals surface area contributed by atoms with E-state index in [1.54, 1.807) is 30.0 Å². The van der Waals surface area contributed by atoms with Crippen molar-refractivity contribution in [2.24, 2.45) is 5.73 Å². The summed E-state index contributed by atoms with van der Waals surface area (Å²) in [6.45, 7) is 0. The largest absolute Gasteiger partial charge is 2.00 e. The molecule has 0 saturated carbocycles. The van der Waals surface area contributed by atoms with E-state index in [-0.39, 0.29) is 25.0 Å². The number of carbonyl (C=O) groups excluding carboxylic acids is 2. The van der Waals surface area contributed by atoms with Crippen LogP contribution in [0.2, 0.25) is 0 Å². The topological polar surface area (TPSA) is 106 Å². The molecule has 1 rings (SSSR count). The Labute approximate surface area is 129 Å². The molecule has 5 nitrogen and oxygen atoms in total. The van der Waals surface area contributed by atoms with Gasteiger partial charge in [-0.25, -0.2) is 0 Å². The number of nitrogens with two attached hydrogens (primary N) is 1. The fourth-order valence-corrected chi connectivity index (χ4v) is 1.43. The van der Waals surface area contributed by atoms with Crippen LogP contribution in [-0.2, 0) is 24.3 Å². The van der Waals surface area contributed by atoms with E-state index in [0.717, 1.165) is 5.75 Å². The van der Waals surface area contributed by atoms with Crippen molar-refractivity contribution in [2.45, 2.75) is 12.5 Å². The SMILES string of the molecule is CSCC[C@H](N)C(=O)[O-].O=C([O-])c1ccccc1.[Zn+2]. The molecule has 1 aromatic carbocycles. The van der Waals surface area contributed by atoms with Gasteiger partial charge in [0.2, 0.25) is 0 Å². The summed E-state index contributed by atoms with van der Waals surface area (Å²) in [7, 11) is 0. The van der Waals surface area contributed by atoms with Crippen LogP contribution in [0.4, 0.5) is 0 Å². The number of carboxylic acid groups (broad SMARTS) is 2. The van der Waals surface area contributed by atoms with E-state index in [2.05, 4.69) is 0 Å². The Hall–Kier alpha value is -0.907. The molecule has 0 saturated heterocycles. The van der Waals surface area contributed by atoms with Crippen molar-refractivity contribution >= 4 is 23.7 Å². The molecule has 0 unspecified atom stereocenters. The van der Waals surface area contributed by atoms with Crippen LogP contribution in [0.1, 0.15) is 16.8 Å². The first-order valence-electron chi connectivity index (χ1n) is 5.20. The summed E-state index contributed by atoms with van der Waals surface area (Å²) in [4.78, 5) is 20.0. The quantitative estimate of drug-likeness (QED) is 0.683. The van der Waals surface area contributed by atoms with E-state index in [4.69, 9.17) is 5.73 Å². The van der Waals surface area contributed by atoms with Gasteiger partial charge in [-0.15, -0.1) is 0 Å². The Bertz CT molecular complexity index is 375. The fraction of sp³-hybridized carbons (Fsp3) is 0.333. The number of hydrogen-bond donors (Lipinski definition) is 1. The molecule has 2 N–H and O–H groups in total. The Kier molecular flexibility index (Phi) is 13.0. The van der Waals surface area contributed by atoms with Crippen molar-refractivity contribution in [3.63, 3.8) is 0 Å². The first kappa shape index (κ1) is 20.4. The zero-order valence-corrected chi connectivity index (χ0v) is 14.5. The van der Waals surface area contributed by atoms with Crippen molar-refractivity contribution in [1.82, 2.24) is 0 Å². The van der Waals surface area contributed by atoms with Crippen molar-refractivity contribution in [2.75, 3.05) is 12.0 Å². The van der Waals surface area contributed by atoms with Gasteiger partial charge in [0, 0.05) is 6.04 Å². The first-order chi connectivity index (χ1) is 8.49. The van der Waals surface area contributed by atoms with Crippen molar-refractivity contribution in [3.05, 3.63) is 35.9 Å². The second-order valence-corrected chi connectivity index (χ2v) is 4.35. The summed E-state index contributed by atoms with van der Waals surface area (Å²) in [5, 5.41) is 20.0. The molecule has 7 heteroatoms. The van der Waals surface area contributed by atoms with Gasteiger partial charge in [0.05, 0.1) is 11.9 Å². The number of rotatable bonds is 5. The molecule has 0 aromatic heterocycles. The van der Waals surface area contributed by atoms with E-state index in [1.165, 1.54) is 12.1 Å². The third kappa shape index (κ3) is 10.7. The van der Waals surface area contributed by atoms with Crippen molar-refractivity contribution < 1.29 is 39.3 Å². The van der Waals surface area contributed by atoms with Gasteiger partial charge in [-0.1, -0.05) is 30.3 Å². The van der Waals surface area contributed by atoms with Crippen LogP contribution in [0, 0.1) is 0 Å². The Morgan fingerprint density at radius 3 is 2.11 bits per heavy atom. The molecule has 0 aliphatic rings. The molecule has 1 aromatic rings. The van der Waals surface area contributed by atoms with Crippen LogP contribution in [0.5, 0.6) is 0 Å². The van der Waals surface area contributed by atoms with E-state index in [0.29, 0.717) is 6.42 Å². The van der Waals surface area contributed by atoms with Crippen LogP contribution >= 0.6 is 11.8 Å². The summed E-state index contributed by atoms with van der Waals surface area (Å²) in [5.41, 5.74) is 5.35. The third-order valence-electron chi connectivity index (χ3n) is 1.95. The van der Waals surface area contributed by atoms with E-state index in [1.807, 2.05) is 6.26 Å². The third-order valence-corrected chi connectivity index (χ3v) is 2.59. The summed E-state index contributed by atoms with van der Waals surface area (Å²) >= 11 is 1.58. The molecule has 0 heterocycles. The maximum absolute atomic E-state index is 10.1. The monoisotopic (exact) mass is 333 g/mol. The van der Waals surface area contributed by atoms with Gasteiger partial charge in [0.15, 0.2) is 0 Å². The Balaban J connectivity index is 0. The molecule has 0 fully saturated rings. The number of carboxylic acids is 2. The minimum Gasteiger partial charge on any atom is -0.548 e. The number of hydrogen-bond acceptors (Lipinski definition) is 6. The van der Waals surface area contributed by atoms with Gasteiger partial charge in [-0.3, -0.25) is 0 Å². The molecule has 0 aliphatic carbocycles. The molecule has 0 bridgehead atoms. The number of aromatic carboxylic acids is 1. The van der Waals surface area contributed by atoms with Gasteiger partial charge in [0.1, 0.15) is 0 Å². The molecule has 100 valence electrons. The van der Waals surface area contributed by atoms with Gasteiger partial charge >= 0.3 is 19.5 Å². The predicted molar refractivity (Wildman–Crippen MR) is 66.8 cm³/mol. The summed E-state index contributed by atoms with van der Waals surface area (Å²) in [5.74, 6) is -1.52. The number of benzene rings is 1. The summed E-state index contributed by atoms with van der Waals surface area (Å²) in [6.07, 6.45) is 2.39. The molecular formula is C12H15NO4SZn. The van der Waals surface area contributed by atoms with E-state index < -0.39 is 18.0 Å². The minimum atomic E-state index is -1.16. The maximum atomic E-state index is 10.1. The predicted octanol–water partition coefficient (Wildman–Crippen LogP) is -1.14. The minimum absolute atomic E-state index is 0. The average Bonchev–Trinajstić information content (AvgIpc) is 2.37. The zero-order valence-electron chi connectivity index (χ0n) is 10.7. The van der Waals surface area contributed by atoms with Gasteiger partial charge in [0.25, 0.3) is 0 Å². The van der Waals surface area contributed by atoms with Crippen LogP contribution in [0.15, 0.2) is 30.3 Å². The second-order valence-electron chi connectivity index (χ2n) is 3.36. The molecule has 1 atom stereocenters. The van der Waals surface area contributed by atoms with E-state index in [9.17, 15) is 19.8 Å². The molecule has 0 spiro atoms. The van der Waals surface area contributed by atoms with Crippen LogP contribution in [0.25, 0.3) is 0 Å². The Morgan fingerprint density at radius 2 is 1.79 bits per heavy atom. The number of carbonyl (C=O) groups is 2. The Morgan fingerprint density at radius 1 is 1.26 bits per heavy atom. The van der Waals surface area contributed by atoms with E-state index >= 15 is 0 Å². The van der Waals surface area contributed by atoms with Gasteiger partial charge in [-0.2, -0.15) is 11.8 Å². The van der Waals surface area contributed by atoms with Gasteiger partial charge < -0.3 is 25.5 Å². The number of aliphatic carboxylic acids is 1. The smallest absolute Gasteiger partial charge is 0.548 e. The van der Waals surface area contributed by atoms with Crippen molar-refractivity contribution in [1.29, 1.82) is 0 Å².